The maximum Gasteiger partial charge on any atom is 0.337 e. The van der Waals surface area contributed by atoms with Crippen molar-refractivity contribution in [3.05, 3.63) is 53.3 Å². The molecule has 0 fully saturated rings. The van der Waals surface area contributed by atoms with Gasteiger partial charge in [0.1, 0.15) is 11.4 Å². The number of nitrogens with one attached hydrogen (secondary N) is 1. The molecule has 0 radical (unpaired) electrons. The van der Waals surface area contributed by atoms with E-state index in [4.69, 9.17) is 9.84 Å². The highest BCUT2D eigenvalue weighted by Gasteiger charge is 2.12. The number of aromatic nitrogens is 1. The number of rotatable bonds is 4. The van der Waals surface area contributed by atoms with Gasteiger partial charge in [-0.05, 0) is 36.8 Å². The number of carbonyl (C=O) groups excluding carboxylic acids is 1. The number of methoxy groups -OCH3 is 1. The lowest BCUT2D eigenvalue weighted by atomic mass is 10.2. The first-order chi connectivity index (χ1) is 10.0. The van der Waals surface area contributed by atoms with Gasteiger partial charge in [0.25, 0.3) is 5.91 Å². The summed E-state index contributed by atoms with van der Waals surface area (Å²) in [5.74, 6) is -0.984. The average Bonchev–Trinajstić information content (AvgIpc) is 2.47. The van der Waals surface area contributed by atoms with E-state index in [1.165, 1.54) is 19.2 Å². The molecule has 1 heterocycles. The Bertz CT molecular complexity index is 681. The number of benzene rings is 1. The Labute approximate surface area is 121 Å². The van der Waals surface area contributed by atoms with Crippen LogP contribution in [0.2, 0.25) is 0 Å². The summed E-state index contributed by atoms with van der Waals surface area (Å²) in [5.41, 5.74) is 1.66. The summed E-state index contributed by atoms with van der Waals surface area (Å²) in [5, 5.41) is 11.5. The highest BCUT2D eigenvalue weighted by molar-refractivity contribution is 6.04. The summed E-state index contributed by atoms with van der Waals surface area (Å²) >= 11 is 0. The van der Waals surface area contributed by atoms with Gasteiger partial charge in [0, 0.05) is 6.20 Å². The molecule has 0 aliphatic rings. The number of carboxylic acid groups (broad SMARTS) is 1. The number of aromatic carboxylic acids is 1. The van der Waals surface area contributed by atoms with Crippen molar-refractivity contribution in [3.63, 3.8) is 0 Å². The average molecular weight is 286 g/mol. The number of pyridine rings is 1. The quantitative estimate of drug-likeness (QED) is 0.900. The fourth-order valence-electron chi connectivity index (χ4n) is 1.76. The van der Waals surface area contributed by atoms with Crippen LogP contribution in [0.3, 0.4) is 0 Å². The van der Waals surface area contributed by atoms with E-state index in [-0.39, 0.29) is 11.3 Å². The van der Waals surface area contributed by atoms with Gasteiger partial charge in [0.15, 0.2) is 0 Å². The molecule has 0 unspecified atom stereocenters. The second kappa shape index (κ2) is 6.04. The first kappa shape index (κ1) is 14.5. The Morgan fingerprint density at radius 3 is 2.57 bits per heavy atom. The second-order valence-electron chi connectivity index (χ2n) is 4.40. The molecule has 0 atom stereocenters. The fourth-order valence-corrected chi connectivity index (χ4v) is 1.76. The molecular weight excluding hydrogens is 272 g/mol. The molecule has 2 N–H and O–H groups in total. The molecule has 6 heteroatoms. The van der Waals surface area contributed by atoms with Gasteiger partial charge in [0.05, 0.1) is 18.4 Å². The van der Waals surface area contributed by atoms with Crippen molar-refractivity contribution in [2.24, 2.45) is 0 Å². The number of amides is 1. The number of carboxylic acids is 1. The number of hydrogen-bond donors (Lipinski definition) is 2. The van der Waals surface area contributed by atoms with Crippen molar-refractivity contribution in [1.82, 2.24) is 4.98 Å². The van der Waals surface area contributed by atoms with Gasteiger partial charge in [-0.15, -0.1) is 0 Å². The number of anilines is 1. The Morgan fingerprint density at radius 1 is 1.24 bits per heavy atom. The van der Waals surface area contributed by atoms with Crippen LogP contribution < -0.4 is 10.1 Å². The van der Waals surface area contributed by atoms with E-state index >= 15 is 0 Å². The first-order valence-corrected chi connectivity index (χ1v) is 6.16. The molecule has 1 amide bonds. The molecule has 21 heavy (non-hydrogen) atoms. The lowest BCUT2D eigenvalue weighted by Gasteiger charge is -2.10. The topological polar surface area (TPSA) is 88.5 Å². The smallest absolute Gasteiger partial charge is 0.337 e. The number of carbonyl (C=O) groups is 2. The van der Waals surface area contributed by atoms with Gasteiger partial charge < -0.3 is 15.2 Å². The van der Waals surface area contributed by atoms with Gasteiger partial charge in [-0.1, -0.05) is 6.07 Å². The molecule has 0 saturated heterocycles. The highest BCUT2D eigenvalue weighted by atomic mass is 16.5. The third-order valence-electron chi connectivity index (χ3n) is 2.85. The molecule has 0 bridgehead atoms. The standard InChI is InChI=1S/C15H14N2O4/c1-9-3-6-13(21-2)12(7-9)17-14(18)11-5-4-10(8-16-11)15(19)20/h3-8H,1-2H3,(H,17,18)(H,19,20). The molecule has 2 aromatic rings. The summed E-state index contributed by atoms with van der Waals surface area (Å²) in [4.78, 5) is 26.7. The Hall–Kier alpha value is -2.89. The fraction of sp³-hybridized carbons (Fsp3) is 0.133. The van der Waals surface area contributed by atoms with Crippen LogP contribution in [0.15, 0.2) is 36.5 Å². The Kier molecular flexibility index (Phi) is 4.18. The Balaban J connectivity index is 2.21. The van der Waals surface area contributed by atoms with Gasteiger partial charge in [-0.25, -0.2) is 4.79 Å². The van der Waals surface area contributed by atoms with Crippen LogP contribution in [0.5, 0.6) is 5.75 Å². The molecule has 6 nitrogen and oxygen atoms in total. The number of hydrogen-bond acceptors (Lipinski definition) is 4. The number of aryl methyl sites for hydroxylation is 1. The normalized spacial score (nSPS) is 10.0. The molecule has 0 saturated carbocycles. The molecule has 108 valence electrons. The monoisotopic (exact) mass is 286 g/mol. The van der Waals surface area contributed by atoms with Crippen molar-refractivity contribution in [2.75, 3.05) is 12.4 Å². The first-order valence-electron chi connectivity index (χ1n) is 6.16. The summed E-state index contributed by atoms with van der Waals surface area (Å²) in [6.07, 6.45) is 1.14. The minimum Gasteiger partial charge on any atom is -0.495 e. The highest BCUT2D eigenvalue weighted by Crippen LogP contribution is 2.25. The van der Waals surface area contributed by atoms with E-state index in [9.17, 15) is 9.59 Å². The van der Waals surface area contributed by atoms with Crippen molar-refractivity contribution in [2.45, 2.75) is 6.92 Å². The van der Waals surface area contributed by atoms with Crippen LogP contribution in [0.4, 0.5) is 5.69 Å². The molecule has 0 aliphatic carbocycles. The van der Waals surface area contributed by atoms with Crippen LogP contribution in [0, 0.1) is 6.92 Å². The van der Waals surface area contributed by atoms with Crippen LogP contribution in [-0.2, 0) is 0 Å². The third kappa shape index (κ3) is 3.36. The van der Waals surface area contributed by atoms with Crippen LogP contribution >= 0.6 is 0 Å². The van der Waals surface area contributed by atoms with E-state index in [0.717, 1.165) is 11.8 Å². The lowest BCUT2D eigenvalue weighted by Crippen LogP contribution is -2.14. The van der Waals surface area contributed by atoms with E-state index in [1.54, 1.807) is 12.1 Å². The van der Waals surface area contributed by atoms with Crippen molar-refractivity contribution >= 4 is 17.6 Å². The predicted molar refractivity (Wildman–Crippen MR) is 76.9 cm³/mol. The molecule has 1 aromatic heterocycles. The summed E-state index contributed by atoms with van der Waals surface area (Å²) in [6, 6.07) is 8.10. The Morgan fingerprint density at radius 2 is 2.00 bits per heavy atom. The SMILES string of the molecule is COc1ccc(C)cc1NC(=O)c1ccc(C(=O)O)cn1. The molecule has 2 rings (SSSR count). The van der Waals surface area contributed by atoms with Gasteiger partial charge >= 0.3 is 5.97 Å². The zero-order valence-corrected chi connectivity index (χ0v) is 11.6. The van der Waals surface area contributed by atoms with Crippen LogP contribution in [0.25, 0.3) is 0 Å². The maximum absolute atomic E-state index is 12.1. The van der Waals surface area contributed by atoms with Gasteiger partial charge in [-0.2, -0.15) is 0 Å². The van der Waals surface area contributed by atoms with Crippen molar-refractivity contribution < 1.29 is 19.4 Å². The number of ether oxygens (including phenoxy) is 1. The zero-order valence-electron chi connectivity index (χ0n) is 11.6. The minimum absolute atomic E-state index is 0.0275. The van der Waals surface area contributed by atoms with Crippen molar-refractivity contribution in [3.8, 4) is 5.75 Å². The second-order valence-corrected chi connectivity index (χ2v) is 4.40. The summed E-state index contributed by atoms with van der Waals surface area (Å²) in [7, 11) is 1.51. The molecule has 1 aromatic carbocycles. The third-order valence-corrected chi connectivity index (χ3v) is 2.85. The summed E-state index contributed by atoms with van der Waals surface area (Å²) in [6.45, 7) is 1.90. The largest absolute Gasteiger partial charge is 0.495 e. The van der Waals surface area contributed by atoms with E-state index < -0.39 is 11.9 Å². The van der Waals surface area contributed by atoms with Crippen LogP contribution in [-0.4, -0.2) is 29.1 Å². The number of nitrogens with zero attached hydrogens (tertiary/aromatic N) is 1. The zero-order chi connectivity index (χ0) is 15.4. The molecule has 0 spiro atoms. The molecule has 0 aliphatic heterocycles. The molecular formula is C15H14N2O4. The van der Waals surface area contributed by atoms with E-state index in [0.29, 0.717) is 11.4 Å². The lowest BCUT2D eigenvalue weighted by molar-refractivity contribution is 0.0696. The van der Waals surface area contributed by atoms with E-state index in [2.05, 4.69) is 10.3 Å². The summed E-state index contributed by atoms with van der Waals surface area (Å²) < 4.78 is 5.17. The predicted octanol–water partition coefficient (Wildman–Crippen LogP) is 2.35. The maximum atomic E-state index is 12.1. The van der Waals surface area contributed by atoms with Crippen LogP contribution in [0.1, 0.15) is 26.4 Å². The van der Waals surface area contributed by atoms with E-state index in [1.807, 2.05) is 13.0 Å². The minimum atomic E-state index is -1.09. The van der Waals surface area contributed by atoms with Crippen molar-refractivity contribution in [1.29, 1.82) is 0 Å². The van der Waals surface area contributed by atoms with Gasteiger partial charge in [0.2, 0.25) is 0 Å². The van der Waals surface area contributed by atoms with Gasteiger partial charge in [-0.3, -0.25) is 9.78 Å².